The van der Waals surface area contributed by atoms with E-state index >= 15 is 0 Å². The molecule has 128 valence electrons. The molecule has 4 rings (SSSR count). The van der Waals surface area contributed by atoms with Gasteiger partial charge in [0.2, 0.25) is 11.8 Å². The van der Waals surface area contributed by atoms with Crippen molar-refractivity contribution in [3.8, 4) is 0 Å². The van der Waals surface area contributed by atoms with Gasteiger partial charge in [-0.2, -0.15) is 0 Å². The molecule has 0 aromatic heterocycles. The molecule has 1 aliphatic carbocycles. The second kappa shape index (κ2) is 6.15. The summed E-state index contributed by atoms with van der Waals surface area (Å²) in [5.74, 6) is -1.39. The third kappa shape index (κ3) is 3.00. The SMILES string of the molecule is O=C(Nc1ccc(F)c(Cl)c1)C1CC1C(=O)N1CCc2ccccc21. The van der Waals surface area contributed by atoms with Crippen LogP contribution in [-0.4, -0.2) is 18.4 Å². The lowest BCUT2D eigenvalue weighted by Gasteiger charge is -2.17. The second-order valence-corrected chi connectivity index (χ2v) is 6.84. The van der Waals surface area contributed by atoms with Crippen molar-refractivity contribution in [2.75, 3.05) is 16.8 Å². The van der Waals surface area contributed by atoms with Crippen LogP contribution < -0.4 is 10.2 Å². The maximum atomic E-state index is 13.2. The molecule has 2 aromatic carbocycles. The zero-order chi connectivity index (χ0) is 17.6. The molecular formula is C19H16ClFN2O2. The number of nitrogens with zero attached hydrogens (tertiary/aromatic N) is 1. The summed E-state index contributed by atoms with van der Waals surface area (Å²) in [6, 6.07) is 11.9. The fraction of sp³-hybridized carbons (Fsp3) is 0.263. The van der Waals surface area contributed by atoms with E-state index in [0.29, 0.717) is 18.7 Å². The monoisotopic (exact) mass is 358 g/mol. The molecule has 1 fully saturated rings. The molecule has 2 unspecified atom stereocenters. The van der Waals surface area contributed by atoms with E-state index in [-0.39, 0.29) is 28.7 Å². The van der Waals surface area contributed by atoms with Gasteiger partial charge in [0.1, 0.15) is 5.82 Å². The minimum atomic E-state index is -0.535. The Bertz CT molecular complexity index is 870. The Kier molecular flexibility index (Phi) is 3.96. The highest BCUT2D eigenvalue weighted by molar-refractivity contribution is 6.31. The maximum Gasteiger partial charge on any atom is 0.230 e. The molecule has 4 nitrogen and oxygen atoms in total. The van der Waals surface area contributed by atoms with Gasteiger partial charge < -0.3 is 10.2 Å². The molecule has 2 aromatic rings. The molecule has 1 heterocycles. The van der Waals surface area contributed by atoms with Crippen LogP contribution in [0.15, 0.2) is 42.5 Å². The Balaban J connectivity index is 1.41. The first kappa shape index (κ1) is 16.1. The molecule has 0 radical (unpaired) electrons. The number of nitrogens with one attached hydrogen (secondary N) is 1. The van der Waals surface area contributed by atoms with Crippen LogP contribution in [0.1, 0.15) is 12.0 Å². The first-order valence-corrected chi connectivity index (χ1v) is 8.57. The van der Waals surface area contributed by atoms with Crippen molar-refractivity contribution in [1.29, 1.82) is 0 Å². The quantitative estimate of drug-likeness (QED) is 0.910. The number of carbonyl (C=O) groups is 2. The number of carbonyl (C=O) groups excluding carboxylic acids is 2. The van der Waals surface area contributed by atoms with Crippen LogP contribution in [0.4, 0.5) is 15.8 Å². The van der Waals surface area contributed by atoms with Crippen LogP contribution in [0, 0.1) is 17.7 Å². The summed E-state index contributed by atoms with van der Waals surface area (Å²) in [5, 5.41) is 2.66. The molecule has 1 aliphatic heterocycles. The summed E-state index contributed by atoms with van der Waals surface area (Å²) in [5.41, 5.74) is 2.54. The van der Waals surface area contributed by atoms with Gasteiger partial charge in [-0.15, -0.1) is 0 Å². The largest absolute Gasteiger partial charge is 0.326 e. The van der Waals surface area contributed by atoms with Crippen molar-refractivity contribution >= 4 is 34.8 Å². The van der Waals surface area contributed by atoms with Gasteiger partial charge in [-0.1, -0.05) is 29.8 Å². The van der Waals surface area contributed by atoms with E-state index in [2.05, 4.69) is 5.32 Å². The highest BCUT2D eigenvalue weighted by atomic mass is 35.5. The smallest absolute Gasteiger partial charge is 0.230 e. The van der Waals surface area contributed by atoms with Crippen molar-refractivity contribution in [2.24, 2.45) is 11.8 Å². The minimum Gasteiger partial charge on any atom is -0.326 e. The number of halogens is 2. The molecule has 0 bridgehead atoms. The fourth-order valence-corrected chi connectivity index (χ4v) is 3.51. The van der Waals surface area contributed by atoms with Gasteiger partial charge in [0, 0.05) is 17.9 Å². The van der Waals surface area contributed by atoms with Gasteiger partial charge in [0.05, 0.1) is 16.9 Å². The van der Waals surface area contributed by atoms with Crippen molar-refractivity contribution < 1.29 is 14.0 Å². The normalized spacial score (nSPS) is 21.0. The number of para-hydroxylation sites is 1. The predicted octanol–water partition coefficient (Wildman–Crippen LogP) is 3.64. The lowest BCUT2D eigenvalue weighted by molar-refractivity contribution is -0.123. The standard InChI is InChI=1S/C19H16ClFN2O2/c20-15-9-12(5-6-16(15)21)22-18(24)13-10-14(13)19(25)23-8-7-11-3-1-2-4-17(11)23/h1-6,9,13-14H,7-8,10H2,(H,22,24). The summed E-state index contributed by atoms with van der Waals surface area (Å²) in [7, 11) is 0. The van der Waals surface area contributed by atoms with Crippen molar-refractivity contribution in [2.45, 2.75) is 12.8 Å². The Labute approximate surface area is 149 Å². The second-order valence-electron chi connectivity index (χ2n) is 6.44. The van der Waals surface area contributed by atoms with E-state index in [1.807, 2.05) is 24.3 Å². The van der Waals surface area contributed by atoms with Gasteiger partial charge in [0.15, 0.2) is 0 Å². The first-order chi connectivity index (χ1) is 12.0. The summed E-state index contributed by atoms with van der Waals surface area (Å²) in [6.45, 7) is 0.663. The van der Waals surface area contributed by atoms with E-state index < -0.39 is 5.82 Å². The topological polar surface area (TPSA) is 49.4 Å². The number of rotatable bonds is 3. The van der Waals surface area contributed by atoms with E-state index in [1.165, 1.54) is 23.8 Å². The zero-order valence-corrected chi connectivity index (χ0v) is 14.1. The molecular weight excluding hydrogens is 343 g/mol. The van der Waals surface area contributed by atoms with Crippen LogP contribution in [0.3, 0.4) is 0 Å². The summed E-state index contributed by atoms with van der Waals surface area (Å²) >= 11 is 5.72. The summed E-state index contributed by atoms with van der Waals surface area (Å²) in [4.78, 5) is 26.8. The number of anilines is 2. The molecule has 2 aliphatic rings. The van der Waals surface area contributed by atoms with Gasteiger partial charge in [-0.3, -0.25) is 9.59 Å². The highest BCUT2D eigenvalue weighted by Gasteiger charge is 2.50. The third-order valence-corrected chi connectivity index (χ3v) is 5.07. The van der Waals surface area contributed by atoms with Crippen LogP contribution in [-0.2, 0) is 16.0 Å². The Morgan fingerprint density at radius 3 is 2.76 bits per heavy atom. The zero-order valence-electron chi connectivity index (χ0n) is 13.3. The molecule has 2 atom stereocenters. The van der Waals surface area contributed by atoms with Crippen LogP contribution in [0.25, 0.3) is 0 Å². The molecule has 25 heavy (non-hydrogen) atoms. The van der Waals surface area contributed by atoms with Crippen molar-refractivity contribution in [3.05, 3.63) is 58.9 Å². The Morgan fingerprint density at radius 1 is 1.16 bits per heavy atom. The van der Waals surface area contributed by atoms with E-state index in [0.717, 1.165) is 12.1 Å². The number of amides is 2. The van der Waals surface area contributed by atoms with Gasteiger partial charge in [0.25, 0.3) is 0 Å². The summed E-state index contributed by atoms with van der Waals surface area (Å²) in [6.07, 6.45) is 1.39. The molecule has 0 spiro atoms. The first-order valence-electron chi connectivity index (χ1n) is 8.20. The molecule has 1 saturated carbocycles. The third-order valence-electron chi connectivity index (χ3n) is 4.78. The van der Waals surface area contributed by atoms with Crippen molar-refractivity contribution in [1.82, 2.24) is 0 Å². The molecule has 2 amide bonds. The van der Waals surface area contributed by atoms with E-state index in [1.54, 1.807) is 4.90 Å². The van der Waals surface area contributed by atoms with E-state index in [9.17, 15) is 14.0 Å². The number of hydrogen-bond acceptors (Lipinski definition) is 2. The predicted molar refractivity (Wildman–Crippen MR) is 94.1 cm³/mol. The fourth-order valence-electron chi connectivity index (χ4n) is 3.33. The van der Waals surface area contributed by atoms with Crippen LogP contribution in [0.2, 0.25) is 5.02 Å². The van der Waals surface area contributed by atoms with Gasteiger partial charge >= 0.3 is 0 Å². The van der Waals surface area contributed by atoms with Crippen LogP contribution in [0.5, 0.6) is 0 Å². The molecule has 6 heteroatoms. The number of fused-ring (bicyclic) bond motifs is 1. The van der Waals surface area contributed by atoms with Crippen molar-refractivity contribution in [3.63, 3.8) is 0 Å². The Morgan fingerprint density at radius 2 is 1.96 bits per heavy atom. The number of benzene rings is 2. The van der Waals surface area contributed by atoms with Gasteiger partial charge in [-0.25, -0.2) is 4.39 Å². The summed E-state index contributed by atoms with van der Waals surface area (Å²) < 4.78 is 13.2. The highest BCUT2D eigenvalue weighted by Crippen LogP contribution is 2.43. The van der Waals surface area contributed by atoms with Gasteiger partial charge in [-0.05, 0) is 42.7 Å². The molecule has 1 N–H and O–H groups in total. The Hall–Kier alpha value is -2.40. The number of hydrogen-bond donors (Lipinski definition) is 1. The molecule has 0 saturated heterocycles. The average Bonchev–Trinajstić information content (AvgIpc) is 3.30. The minimum absolute atomic E-state index is 0.00207. The average molecular weight is 359 g/mol. The lowest BCUT2D eigenvalue weighted by atomic mass is 10.2. The maximum absolute atomic E-state index is 13.2. The van der Waals surface area contributed by atoms with Crippen LogP contribution >= 0.6 is 11.6 Å². The van der Waals surface area contributed by atoms with E-state index in [4.69, 9.17) is 11.6 Å². The lowest BCUT2D eigenvalue weighted by Crippen LogP contribution is -2.31.